The van der Waals surface area contributed by atoms with Gasteiger partial charge >= 0.3 is 0 Å². The number of pyridine rings is 1. The van der Waals surface area contributed by atoms with E-state index in [2.05, 4.69) is 35.5 Å². The van der Waals surface area contributed by atoms with E-state index in [1.165, 1.54) is 16.0 Å². The molecule has 0 saturated carbocycles. The largest absolute Gasteiger partial charge is 0.264 e. The molecule has 1 aromatic rings. The van der Waals surface area contributed by atoms with Gasteiger partial charge in [-0.25, -0.2) is 0 Å². The van der Waals surface area contributed by atoms with Crippen LogP contribution in [0, 0.1) is 6.92 Å². The van der Waals surface area contributed by atoms with Crippen LogP contribution in [0.4, 0.5) is 0 Å². The second kappa shape index (κ2) is 3.79. The van der Waals surface area contributed by atoms with Crippen LogP contribution in [-0.2, 0) is 0 Å². The molecule has 0 aliphatic carbocycles. The number of rotatable bonds is 1. The number of aryl methyl sites for hydroxylation is 1. The maximum Gasteiger partial charge on any atom is 0.0351 e. The molecule has 0 spiro atoms. The lowest BCUT2D eigenvalue weighted by atomic mass is 10.2. The Labute approximate surface area is 82.6 Å². The molecule has 1 aliphatic rings. The third-order valence-electron chi connectivity index (χ3n) is 1.89. The van der Waals surface area contributed by atoms with Gasteiger partial charge in [0.1, 0.15) is 0 Å². The second-order valence-electron chi connectivity index (χ2n) is 3.04. The topological polar surface area (TPSA) is 12.9 Å². The highest BCUT2D eigenvalue weighted by Gasteiger charge is 2.03. The summed E-state index contributed by atoms with van der Waals surface area (Å²) in [6, 6.07) is 2.17. The molecule has 0 atom stereocenters. The fourth-order valence-corrected chi connectivity index (χ4v) is 2.07. The standard InChI is InChI=1S/C11H11NS/c1-9-6-10(8-12-7-9)11-4-2-3-5-13-11/h3-8H,2H2,1H3. The molecule has 0 unspecified atom stereocenters. The van der Waals surface area contributed by atoms with Crippen LogP contribution < -0.4 is 0 Å². The summed E-state index contributed by atoms with van der Waals surface area (Å²) in [6.07, 6.45) is 9.24. The minimum absolute atomic E-state index is 1.04. The lowest BCUT2D eigenvalue weighted by Crippen LogP contribution is -1.85. The van der Waals surface area contributed by atoms with Crippen molar-refractivity contribution < 1.29 is 0 Å². The van der Waals surface area contributed by atoms with E-state index in [1.54, 1.807) is 11.8 Å². The zero-order valence-corrected chi connectivity index (χ0v) is 8.34. The fourth-order valence-electron chi connectivity index (χ4n) is 1.28. The van der Waals surface area contributed by atoms with Gasteiger partial charge in [-0.15, -0.1) is 0 Å². The highest BCUT2D eigenvalue weighted by molar-refractivity contribution is 8.11. The SMILES string of the molecule is Cc1cncc(C2=CCC=CS2)c1. The molecule has 2 heteroatoms. The Morgan fingerprint density at radius 3 is 3.00 bits per heavy atom. The summed E-state index contributed by atoms with van der Waals surface area (Å²) in [6.45, 7) is 2.07. The third kappa shape index (κ3) is 2.01. The van der Waals surface area contributed by atoms with E-state index in [1.807, 2.05) is 12.4 Å². The molecule has 1 aliphatic heterocycles. The molecule has 1 aromatic heterocycles. The van der Waals surface area contributed by atoms with Crippen molar-refractivity contribution in [1.82, 2.24) is 4.98 Å². The molecule has 0 N–H and O–H groups in total. The fraction of sp³-hybridized carbons (Fsp3) is 0.182. The van der Waals surface area contributed by atoms with Crippen molar-refractivity contribution >= 4 is 16.7 Å². The van der Waals surface area contributed by atoms with E-state index < -0.39 is 0 Å². The summed E-state index contributed by atoms with van der Waals surface area (Å²) in [5, 5.41) is 2.14. The number of hydrogen-bond acceptors (Lipinski definition) is 2. The van der Waals surface area contributed by atoms with E-state index in [0.29, 0.717) is 0 Å². The molecule has 66 valence electrons. The number of aromatic nitrogens is 1. The van der Waals surface area contributed by atoms with Gasteiger partial charge < -0.3 is 0 Å². The van der Waals surface area contributed by atoms with Gasteiger partial charge in [-0.2, -0.15) is 0 Å². The van der Waals surface area contributed by atoms with E-state index in [9.17, 15) is 0 Å². The molecule has 2 rings (SSSR count). The van der Waals surface area contributed by atoms with Gasteiger partial charge in [0, 0.05) is 22.9 Å². The van der Waals surface area contributed by atoms with Crippen molar-refractivity contribution in [1.29, 1.82) is 0 Å². The Kier molecular flexibility index (Phi) is 2.50. The minimum Gasteiger partial charge on any atom is -0.264 e. The molecule has 0 amide bonds. The first-order chi connectivity index (χ1) is 6.36. The van der Waals surface area contributed by atoms with Crippen molar-refractivity contribution in [2.24, 2.45) is 0 Å². The molecular weight excluding hydrogens is 178 g/mol. The average Bonchev–Trinajstić information content (AvgIpc) is 2.19. The van der Waals surface area contributed by atoms with Crippen LogP contribution in [0.1, 0.15) is 17.5 Å². The Morgan fingerprint density at radius 1 is 1.38 bits per heavy atom. The van der Waals surface area contributed by atoms with Gasteiger partial charge in [-0.05, 0) is 30.4 Å². The average molecular weight is 189 g/mol. The van der Waals surface area contributed by atoms with Crippen molar-refractivity contribution in [2.45, 2.75) is 13.3 Å². The lowest BCUT2D eigenvalue weighted by Gasteiger charge is -2.07. The van der Waals surface area contributed by atoms with Gasteiger partial charge in [0.15, 0.2) is 0 Å². The van der Waals surface area contributed by atoms with Crippen molar-refractivity contribution in [3.05, 3.63) is 47.1 Å². The molecule has 1 nitrogen and oxygen atoms in total. The molecule has 0 aromatic carbocycles. The maximum atomic E-state index is 4.18. The Morgan fingerprint density at radius 2 is 2.31 bits per heavy atom. The molecule has 2 heterocycles. The summed E-state index contributed by atoms with van der Waals surface area (Å²) >= 11 is 1.77. The normalized spacial score (nSPS) is 15.6. The zero-order valence-electron chi connectivity index (χ0n) is 7.53. The van der Waals surface area contributed by atoms with Crippen LogP contribution in [0.3, 0.4) is 0 Å². The van der Waals surface area contributed by atoms with Gasteiger partial charge in [0.05, 0.1) is 0 Å². The molecule has 0 saturated heterocycles. The number of hydrogen-bond donors (Lipinski definition) is 0. The maximum absolute atomic E-state index is 4.18. The van der Waals surface area contributed by atoms with Crippen molar-refractivity contribution in [2.75, 3.05) is 0 Å². The number of nitrogens with zero attached hydrogens (tertiary/aromatic N) is 1. The highest BCUT2D eigenvalue weighted by Crippen LogP contribution is 2.31. The van der Waals surface area contributed by atoms with Crippen LogP contribution in [0.5, 0.6) is 0 Å². The monoisotopic (exact) mass is 189 g/mol. The molecule has 13 heavy (non-hydrogen) atoms. The van der Waals surface area contributed by atoms with Crippen LogP contribution >= 0.6 is 11.8 Å². The highest BCUT2D eigenvalue weighted by atomic mass is 32.2. The third-order valence-corrected chi connectivity index (χ3v) is 2.87. The zero-order chi connectivity index (χ0) is 9.10. The summed E-state index contributed by atoms with van der Waals surface area (Å²) in [5.74, 6) is 0. The first kappa shape index (κ1) is 8.57. The first-order valence-electron chi connectivity index (χ1n) is 4.30. The number of allylic oxidation sites excluding steroid dienone is 2. The lowest BCUT2D eigenvalue weighted by molar-refractivity contribution is 1.25. The molecule has 0 radical (unpaired) electrons. The molecule has 0 bridgehead atoms. The summed E-state index contributed by atoms with van der Waals surface area (Å²) < 4.78 is 0. The van der Waals surface area contributed by atoms with Gasteiger partial charge in [-0.3, -0.25) is 4.98 Å². The summed E-state index contributed by atoms with van der Waals surface area (Å²) in [5.41, 5.74) is 2.45. The predicted octanol–water partition coefficient (Wildman–Crippen LogP) is 3.38. The van der Waals surface area contributed by atoms with E-state index in [4.69, 9.17) is 0 Å². The summed E-state index contributed by atoms with van der Waals surface area (Å²) in [4.78, 5) is 5.50. The quantitative estimate of drug-likeness (QED) is 0.671. The van der Waals surface area contributed by atoms with Gasteiger partial charge in [-0.1, -0.05) is 23.9 Å². The van der Waals surface area contributed by atoms with Crippen LogP contribution in [0.25, 0.3) is 4.91 Å². The first-order valence-corrected chi connectivity index (χ1v) is 5.18. The van der Waals surface area contributed by atoms with E-state index in [0.717, 1.165) is 6.42 Å². The number of thioether (sulfide) groups is 1. The summed E-state index contributed by atoms with van der Waals surface area (Å²) in [7, 11) is 0. The van der Waals surface area contributed by atoms with E-state index >= 15 is 0 Å². The molecular formula is C11H11NS. The van der Waals surface area contributed by atoms with Crippen LogP contribution in [-0.4, -0.2) is 4.98 Å². The van der Waals surface area contributed by atoms with Crippen LogP contribution in [0.15, 0.2) is 36.0 Å². The van der Waals surface area contributed by atoms with Crippen molar-refractivity contribution in [3.8, 4) is 0 Å². The van der Waals surface area contributed by atoms with Gasteiger partial charge in [0.2, 0.25) is 0 Å². The Bertz CT molecular complexity index is 366. The Hall–Kier alpha value is -1.02. The smallest absolute Gasteiger partial charge is 0.0351 e. The van der Waals surface area contributed by atoms with Gasteiger partial charge in [0.25, 0.3) is 0 Å². The van der Waals surface area contributed by atoms with E-state index in [-0.39, 0.29) is 0 Å². The van der Waals surface area contributed by atoms with Crippen LogP contribution in [0.2, 0.25) is 0 Å². The second-order valence-corrected chi connectivity index (χ2v) is 3.99. The minimum atomic E-state index is 1.04. The predicted molar refractivity (Wildman–Crippen MR) is 58.3 cm³/mol. The van der Waals surface area contributed by atoms with Crippen molar-refractivity contribution in [3.63, 3.8) is 0 Å². The Balaban J connectivity index is 2.30. The molecule has 0 fully saturated rings.